The summed E-state index contributed by atoms with van der Waals surface area (Å²) in [6, 6.07) is 0. The molecule has 0 heterocycles. The van der Waals surface area contributed by atoms with E-state index in [0.717, 1.165) is 32.1 Å². The Hall–Kier alpha value is 0.870. The van der Waals surface area contributed by atoms with Crippen molar-refractivity contribution in [2.45, 2.75) is 110 Å². The van der Waals surface area contributed by atoms with E-state index in [9.17, 15) is 13.0 Å². The first kappa shape index (κ1) is 26.1. The van der Waals surface area contributed by atoms with Crippen LogP contribution in [0.3, 0.4) is 0 Å². The van der Waals surface area contributed by atoms with Crippen LogP contribution in [0.2, 0.25) is 0 Å². The Morgan fingerprint density at radius 1 is 0.739 bits per heavy atom. The molecule has 1 unspecified atom stereocenters. The molecule has 134 valence electrons. The Kier molecular flexibility index (Phi) is 20.1. The minimum absolute atomic E-state index is 0. The zero-order chi connectivity index (χ0) is 16.7. The van der Waals surface area contributed by atoms with Crippen molar-refractivity contribution in [2.24, 2.45) is 0 Å². The van der Waals surface area contributed by atoms with Gasteiger partial charge in [-0.1, -0.05) is 90.9 Å². The van der Waals surface area contributed by atoms with Gasteiger partial charge >= 0.3 is 29.6 Å². The molecule has 0 bridgehead atoms. The molecule has 0 rings (SSSR count). The Morgan fingerprint density at radius 3 is 1.52 bits per heavy atom. The third-order valence-electron chi connectivity index (χ3n) is 4.01. The maximum atomic E-state index is 10.8. The molecule has 6 heteroatoms. The third kappa shape index (κ3) is 20.8. The second-order valence-corrected chi connectivity index (χ2v) is 7.25. The smallest absolute Gasteiger partial charge is 0.726 e. The molecule has 4 nitrogen and oxygen atoms in total. The van der Waals surface area contributed by atoms with Crippen molar-refractivity contribution >= 4 is 10.4 Å². The summed E-state index contributed by atoms with van der Waals surface area (Å²) in [6.45, 7) is 4.32. The third-order valence-corrected chi connectivity index (χ3v) is 4.52. The molecule has 0 aromatic rings. The van der Waals surface area contributed by atoms with E-state index in [0.29, 0.717) is 12.8 Å². The van der Waals surface area contributed by atoms with Gasteiger partial charge in [-0.25, -0.2) is 8.42 Å². The molecule has 0 aromatic heterocycles. The van der Waals surface area contributed by atoms with Crippen molar-refractivity contribution in [3.63, 3.8) is 0 Å². The van der Waals surface area contributed by atoms with E-state index < -0.39 is 16.5 Å². The van der Waals surface area contributed by atoms with Crippen LogP contribution in [0.1, 0.15) is 104 Å². The molecule has 0 N–H and O–H groups in total. The molecule has 0 radical (unpaired) electrons. The van der Waals surface area contributed by atoms with Gasteiger partial charge in [0.1, 0.15) is 0 Å². The van der Waals surface area contributed by atoms with Crippen molar-refractivity contribution in [3.05, 3.63) is 0 Å². The zero-order valence-electron chi connectivity index (χ0n) is 15.5. The normalized spacial score (nSPS) is 12.8. The number of hydrogen-bond donors (Lipinski definition) is 0. The molecule has 23 heavy (non-hydrogen) atoms. The van der Waals surface area contributed by atoms with Gasteiger partial charge in [-0.15, -0.1) is 0 Å². The van der Waals surface area contributed by atoms with E-state index in [1.54, 1.807) is 0 Å². The second-order valence-electron chi connectivity index (χ2n) is 6.24. The predicted molar refractivity (Wildman–Crippen MR) is 90.6 cm³/mol. The van der Waals surface area contributed by atoms with Crippen molar-refractivity contribution < 1.29 is 46.7 Å². The molecule has 1 atom stereocenters. The maximum Gasteiger partial charge on any atom is 1.00 e. The van der Waals surface area contributed by atoms with Gasteiger partial charge in [0.2, 0.25) is 10.4 Å². The minimum atomic E-state index is -4.57. The molecule has 0 aliphatic heterocycles. The van der Waals surface area contributed by atoms with Gasteiger partial charge in [0, 0.05) is 0 Å². The van der Waals surface area contributed by atoms with Gasteiger partial charge in [-0.3, -0.25) is 4.18 Å². The zero-order valence-corrected chi connectivity index (χ0v) is 18.3. The summed E-state index contributed by atoms with van der Waals surface area (Å²) in [5, 5.41) is 0. The molecule has 0 aromatic carbocycles. The average molecular weight is 359 g/mol. The Bertz CT molecular complexity index is 333. The SMILES string of the molecule is CCCCCCCCCCCC(CCCCC)OS(=O)(=O)[O-].[Na+]. The predicted octanol–water partition coefficient (Wildman–Crippen LogP) is 2.34. The molecule has 0 spiro atoms. The fourth-order valence-corrected chi connectivity index (χ4v) is 3.24. The van der Waals surface area contributed by atoms with Crippen LogP contribution in [0.4, 0.5) is 0 Å². The van der Waals surface area contributed by atoms with Crippen LogP contribution in [0.5, 0.6) is 0 Å². The van der Waals surface area contributed by atoms with E-state index in [4.69, 9.17) is 0 Å². The summed E-state index contributed by atoms with van der Waals surface area (Å²) in [5.74, 6) is 0. The largest absolute Gasteiger partial charge is 1.00 e. The van der Waals surface area contributed by atoms with Crippen LogP contribution >= 0.6 is 0 Å². The fourth-order valence-electron chi connectivity index (χ4n) is 2.71. The molecule has 0 aliphatic carbocycles. The summed E-state index contributed by atoms with van der Waals surface area (Å²) in [5.41, 5.74) is 0. The van der Waals surface area contributed by atoms with Crippen LogP contribution in [0, 0.1) is 0 Å². The summed E-state index contributed by atoms with van der Waals surface area (Å²) < 4.78 is 36.9. The van der Waals surface area contributed by atoms with Crippen LogP contribution in [0.15, 0.2) is 0 Å². The van der Waals surface area contributed by atoms with Crippen molar-refractivity contribution in [1.29, 1.82) is 0 Å². The molecule has 0 aliphatic rings. The van der Waals surface area contributed by atoms with Gasteiger partial charge in [0.15, 0.2) is 0 Å². The molecule has 0 amide bonds. The van der Waals surface area contributed by atoms with Crippen LogP contribution in [-0.2, 0) is 14.6 Å². The summed E-state index contributed by atoms with van der Waals surface area (Å²) in [7, 11) is -4.57. The molecule has 0 saturated carbocycles. The van der Waals surface area contributed by atoms with Crippen LogP contribution in [0.25, 0.3) is 0 Å². The minimum Gasteiger partial charge on any atom is -0.726 e. The van der Waals surface area contributed by atoms with Gasteiger partial charge < -0.3 is 4.55 Å². The topological polar surface area (TPSA) is 66.4 Å². The van der Waals surface area contributed by atoms with Crippen LogP contribution in [-0.4, -0.2) is 19.1 Å². The molecular weight excluding hydrogens is 323 g/mol. The summed E-state index contributed by atoms with van der Waals surface area (Å²) in [4.78, 5) is 0. The summed E-state index contributed by atoms with van der Waals surface area (Å²) in [6.07, 6.45) is 15.1. The van der Waals surface area contributed by atoms with E-state index in [1.807, 2.05) is 0 Å². The quantitative estimate of drug-likeness (QED) is 0.184. The first-order chi connectivity index (χ1) is 10.5. The van der Waals surface area contributed by atoms with Crippen molar-refractivity contribution in [2.75, 3.05) is 0 Å². The Morgan fingerprint density at radius 2 is 1.09 bits per heavy atom. The van der Waals surface area contributed by atoms with Crippen molar-refractivity contribution in [1.82, 2.24) is 0 Å². The van der Waals surface area contributed by atoms with Gasteiger partial charge in [-0.2, -0.15) is 0 Å². The van der Waals surface area contributed by atoms with Crippen LogP contribution < -0.4 is 29.6 Å². The molecule has 0 saturated heterocycles. The number of hydrogen-bond acceptors (Lipinski definition) is 4. The Balaban J connectivity index is 0. The maximum absolute atomic E-state index is 10.8. The fraction of sp³-hybridized carbons (Fsp3) is 1.00. The van der Waals surface area contributed by atoms with E-state index >= 15 is 0 Å². The van der Waals surface area contributed by atoms with E-state index in [2.05, 4.69) is 18.0 Å². The second kappa shape index (κ2) is 17.7. The van der Waals surface area contributed by atoms with Gasteiger partial charge in [0.05, 0.1) is 6.10 Å². The number of unbranched alkanes of at least 4 members (excludes halogenated alkanes) is 10. The molecule has 0 fully saturated rings. The monoisotopic (exact) mass is 358 g/mol. The summed E-state index contributed by atoms with van der Waals surface area (Å²) >= 11 is 0. The van der Waals surface area contributed by atoms with Gasteiger partial charge in [0.25, 0.3) is 0 Å². The standard InChI is InChI=1S/C17H36O4S.Na/c1-3-5-7-8-9-10-11-12-14-16-17(15-13-6-4-2)21-22(18,19)20;/h17H,3-16H2,1-2H3,(H,18,19,20);/q;+1/p-1. The van der Waals surface area contributed by atoms with E-state index in [1.165, 1.54) is 44.9 Å². The van der Waals surface area contributed by atoms with E-state index in [-0.39, 0.29) is 29.6 Å². The first-order valence-electron chi connectivity index (χ1n) is 9.13. The van der Waals surface area contributed by atoms with Crippen molar-refractivity contribution in [3.8, 4) is 0 Å². The molecular formula is C17H35NaO4S. The van der Waals surface area contributed by atoms with Gasteiger partial charge in [-0.05, 0) is 12.8 Å². The average Bonchev–Trinajstić information content (AvgIpc) is 2.44. The Labute approximate surface area is 166 Å². The first-order valence-corrected chi connectivity index (χ1v) is 10.5. The number of rotatable bonds is 16.